The molecule has 6 nitrogen and oxygen atoms in total. The molecule has 0 spiro atoms. The Morgan fingerprint density at radius 2 is 1.72 bits per heavy atom. The highest BCUT2D eigenvalue weighted by atomic mass is 35.5. The predicted octanol–water partition coefficient (Wildman–Crippen LogP) is 4.74. The molecule has 8 heteroatoms. The maximum atomic E-state index is 13.6. The summed E-state index contributed by atoms with van der Waals surface area (Å²) in [5, 5.41) is 3.09. The molecule has 3 rings (SSSR count). The normalized spacial score (nSPS) is 11.4. The van der Waals surface area contributed by atoms with Crippen molar-refractivity contribution in [3.8, 4) is 5.75 Å². The lowest BCUT2D eigenvalue weighted by Gasteiger charge is -2.23. The molecule has 0 radical (unpaired) electrons. The maximum absolute atomic E-state index is 13.6. The first-order chi connectivity index (χ1) is 15.3. The van der Waals surface area contributed by atoms with Gasteiger partial charge in [-0.05, 0) is 41.8 Å². The van der Waals surface area contributed by atoms with E-state index in [0.29, 0.717) is 5.69 Å². The van der Waals surface area contributed by atoms with Gasteiger partial charge in [0.2, 0.25) is 15.9 Å². The van der Waals surface area contributed by atoms with Crippen molar-refractivity contribution in [2.75, 3.05) is 19.0 Å². The summed E-state index contributed by atoms with van der Waals surface area (Å²) in [6.07, 6.45) is 0.738. The second kappa shape index (κ2) is 10.6. The summed E-state index contributed by atoms with van der Waals surface area (Å²) in [4.78, 5) is 12.8. The van der Waals surface area contributed by atoms with Gasteiger partial charge in [-0.15, -0.1) is 0 Å². The molecule has 0 fully saturated rings. The van der Waals surface area contributed by atoms with E-state index in [2.05, 4.69) is 5.32 Å². The van der Waals surface area contributed by atoms with Gasteiger partial charge < -0.3 is 10.1 Å². The van der Waals surface area contributed by atoms with E-state index in [4.69, 9.17) is 16.3 Å². The standard InChI is InChI=1S/C24H25ClN2O4S/c1-3-19-11-7-8-12-21(19)26-24(28)17-27(16-18-9-5-4-6-10-18)32(29,30)23-15-20(25)13-14-22(23)31-2/h4-15H,3,16-17H2,1-2H3,(H,26,28). The third-order valence-corrected chi connectivity index (χ3v) is 6.99. The number of nitrogens with one attached hydrogen (secondary N) is 1. The van der Waals surface area contributed by atoms with Gasteiger partial charge in [-0.2, -0.15) is 4.31 Å². The minimum absolute atomic E-state index is 0.0156. The fraction of sp³-hybridized carbons (Fsp3) is 0.208. The van der Waals surface area contributed by atoms with Gasteiger partial charge in [0, 0.05) is 17.3 Å². The Labute approximate surface area is 193 Å². The number of hydrogen-bond acceptors (Lipinski definition) is 4. The molecule has 0 bridgehead atoms. The Balaban J connectivity index is 1.95. The van der Waals surface area contributed by atoms with E-state index in [0.717, 1.165) is 21.9 Å². The predicted molar refractivity (Wildman–Crippen MR) is 126 cm³/mol. The van der Waals surface area contributed by atoms with Crippen LogP contribution in [0.4, 0.5) is 5.69 Å². The average molecular weight is 473 g/mol. The van der Waals surface area contributed by atoms with Crippen LogP contribution in [0.3, 0.4) is 0 Å². The van der Waals surface area contributed by atoms with E-state index in [9.17, 15) is 13.2 Å². The van der Waals surface area contributed by atoms with Crippen LogP contribution >= 0.6 is 11.6 Å². The lowest BCUT2D eigenvalue weighted by molar-refractivity contribution is -0.116. The van der Waals surface area contributed by atoms with Crippen LogP contribution < -0.4 is 10.1 Å². The first-order valence-corrected chi connectivity index (χ1v) is 11.9. The van der Waals surface area contributed by atoms with Crippen LogP contribution in [0.15, 0.2) is 77.7 Å². The first-order valence-electron chi connectivity index (χ1n) is 10.1. The fourth-order valence-corrected chi connectivity index (χ4v) is 5.11. The van der Waals surface area contributed by atoms with Crippen molar-refractivity contribution in [3.63, 3.8) is 0 Å². The lowest BCUT2D eigenvalue weighted by Crippen LogP contribution is -2.37. The summed E-state index contributed by atoms with van der Waals surface area (Å²) in [5.74, 6) is -0.282. The number of carbonyl (C=O) groups is 1. The van der Waals surface area contributed by atoms with Gasteiger partial charge in [0.05, 0.1) is 13.7 Å². The number of methoxy groups -OCH3 is 1. The van der Waals surface area contributed by atoms with Gasteiger partial charge in [0.15, 0.2) is 0 Å². The number of anilines is 1. The number of benzene rings is 3. The van der Waals surface area contributed by atoms with Crippen molar-refractivity contribution in [1.82, 2.24) is 4.31 Å². The molecule has 0 aliphatic rings. The zero-order chi connectivity index (χ0) is 23.1. The van der Waals surface area contributed by atoms with E-state index in [1.807, 2.05) is 55.5 Å². The zero-order valence-electron chi connectivity index (χ0n) is 17.9. The van der Waals surface area contributed by atoms with Gasteiger partial charge in [0.1, 0.15) is 10.6 Å². The number of halogens is 1. The van der Waals surface area contributed by atoms with Gasteiger partial charge in [-0.1, -0.05) is 67.1 Å². The Morgan fingerprint density at radius 3 is 2.41 bits per heavy atom. The van der Waals surface area contributed by atoms with E-state index in [1.54, 1.807) is 12.1 Å². The van der Waals surface area contributed by atoms with Crippen molar-refractivity contribution in [3.05, 3.63) is 88.9 Å². The molecule has 32 heavy (non-hydrogen) atoms. The number of sulfonamides is 1. The van der Waals surface area contributed by atoms with Gasteiger partial charge in [-0.3, -0.25) is 4.79 Å². The van der Waals surface area contributed by atoms with Crippen LogP contribution in [0.5, 0.6) is 5.75 Å². The highest BCUT2D eigenvalue weighted by Gasteiger charge is 2.30. The minimum atomic E-state index is -4.10. The van der Waals surface area contributed by atoms with Gasteiger partial charge >= 0.3 is 0 Å². The van der Waals surface area contributed by atoms with Crippen LogP contribution in [0.25, 0.3) is 0 Å². The quantitative estimate of drug-likeness (QED) is 0.488. The van der Waals surface area contributed by atoms with E-state index >= 15 is 0 Å². The highest BCUT2D eigenvalue weighted by molar-refractivity contribution is 7.89. The van der Waals surface area contributed by atoms with Crippen LogP contribution in [0.2, 0.25) is 5.02 Å². The maximum Gasteiger partial charge on any atom is 0.247 e. The lowest BCUT2D eigenvalue weighted by atomic mass is 10.1. The molecule has 0 unspecified atom stereocenters. The Morgan fingerprint density at radius 1 is 1.03 bits per heavy atom. The summed E-state index contributed by atoms with van der Waals surface area (Å²) in [5.41, 5.74) is 2.38. The number of amides is 1. The number of nitrogens with zero attached hydrogens (tertiary/aromatic N) is 1. The number of carbonyl (C=O) groups excluding carboxylic acids is 1. The highest BCUT2D eigenvalue weighted by Crippen LogP contribution is 2.30. The van der Waals surface area contributed by atoms with Crippen LogP contribution in [-0.4, -0.2) is 32.3 Å². The molecule has 1 amide bonds. The molecule has 1 N–H and O–H groups in total. The van der Waals surface area contributed by atoms with Crippen molar-refractivity contribution in [2.24, 2.45) is 0 Å². The van der Waals surface area contributed by atoms with E-state index < -0.39 is 15.9 Å². The number of para-hydroxylation sites is 1. The molecule has 3 aromatic rings. The van der Waals surface area contributed by atoms with Crippen molar-refractivity contribution >= 4 is 33.2 Å². The number of hydrogen-bond donors (Lipinski definition) is 1. The second-order valence-corrected chi connectivity index (χ2v) is 9.46. The summed E-state index contributed by atoms with van der Waals surface area (Å²) >= 11 is 6.07. The first kappa shape index (κ1) is 23.8. The average Bonchev–Trinajstić information content (AvgIpc) is 2.79. The topological polar surface area (TPSA) is 75.7 Å². The molecule has 0 aliphatic heterocycles. The molecule has 0 heterocycles. The zero-order valence-corrected chi connectivity index (χ0v) is 19.5. The molecular weight excluding hydrogens is 448 g/mol. The summed E-state index contributed by atoms with van der Waals surface area (Å²) in [7, 11) is -2.72. The third-order valence-electron chi connectivity index (χ3n) is 4.94. The molecule has 0 saturated carbocycles. The molecule has 0 aliphatic carbocycles. The van der Waals surface area contributed by atoms with E-state index in [-0.39, 0.29) is 28.8 Å². The fourth-order valence-electron chi connectivity index (χ4n) is 3.30. The minimum Gasteiger partial charge on any atom is -0.495 e. The summed E-state index contributed by atoms with van der Waals surface area (Å²) < 4.78 is 33.6. The van der Waals surface area contributed by atoms with Gasteiger partial charge in [0.25, 0.3) is 0 Å². The Hall–Kier alpha value is -2.87. The smallest absolute Gasteiger partial charge is 0.247 e. The largest absolute Gasteiger partial charge is 0.495 e. The summed E-state index contributed by atoms with van der Waals surface area (Å²) in [6, 6.07) is 20.9. The molecule has 0 saturated heterocycles. The van der Waals surface area contributed by atoms with Crippen molar-refractivity contribution in [2.45, 2.75) is 24.8 Å². The Kier molecular flexibility index (Phi) is 7.90. The monoisotopic (exact) mass is 472 g/mol. The van der Waals surface area contributed by atoms with Crippen molar-refractivity contribution < 1.29 is 17.9 Å². The van der Waals surface area contributed by atoms with Gasteiger partial charge in [-0.25, -0.2) is 8.42 Å². The van der Waals surface area contributed by atoms with Crippen molar-refractivity contribution in [1.29, 1.82) is 0 Å². The van der Waals surface area contributed by atoms with Crippen LogP contribution in [0, 0.1) is 0 Å². The molecule has 0 aromatic heterocycles. The Bertz CT molecular complexity index is 1180. The molecule has 3 aromatic carbocycles. The SMILES string of the molecule is CCc1ccccc1NC(=O)CN(Cc1ccccc1)S(=O)(=O)c1cc(Cl)ccc1OC. The van der Waals surface area contributed by atoms with Crippen LogP contribution in [-0.2, 0) is 27.8 Å². The van der Waals surface area contributed by atoms with Crippen LogP contribution in [0.1, 0.15) is 18.1 Å². The molecule has 168 valence electrons. The number of ether oxygens (including phenoxy) is 1. The second-order valence-electron chi connectivity index (χ2n) is 7.11. The van der Waals surface area contributed by atoms with E-state index in [1.165, 1.54) is 19.2 Å². The molecular formula is C24H25ClN2O4S. The number of rotatable bonds is 9. The third kappa shape index (κ3) is 5.68. The summed E-state index contributed by atoms with van der Waals surface area (Å²) in [6.45, 7) is 1.63. The molecule has 0 atom stereocenters. The number of aryl methyl sites for hydroxylation is 1.